The second kappa shape index (κ2) is 13.2. The molecule has 0 aliphatic heterocycles. The van der Waals surface area contributed by atoms with Gasteiger partial charge in [-0.3, -0.25) is 9.98 Å². The van der Waals surface area contributed by atoms with Gasteiger partial charge in [0.2, 0.25) is 0 Å². The van der Waals surface area contributed by atoms with Gasteiger partial charge >= 0.3 is 0 Å². The molecule has 42 heavy (non-hydrogen) atoms. The molecule has 218 valence electrons. The van der Waals surface area contributed by atoms with E-state index in [1.807, 2.05) is 48.5 Å². The predicted molar refractivity (Wildman–Crippen MR) is 177 cm³/mol. The van der Waals surface area contributed by atoms with Crippen molar-refractivity contribution in [1.29, 1.82) is 0 Å². The molecule has 0 spiro atoms. The first-order valence-corrected chi connectivity index (χ1v) is 14.8. The number of rotatable bonds is 11. The van der Waals surface area contributed by atoms with Crippen LogP contribution in [0, 0.1) is 13.8 Å². The quantitative estimate of drug-likeness (QED) is 0.142. The van der Waals surface area contributed by atoms with Gasteiger partial charge in [0.15, 0.2) is 0 Å². The number of hydrogen-bond acceptors (Lipinski definition) is 4. The molecule has 4 aromatic carbocycles. The zero-order chi connectivity index (χ0) is 30.3. The van der Waals surface area contributed by atoms with Crippen LogP contribution >= 0.6 is 0 Å². The smallest absolute Gasteiger partial charge is 0.128 e. The Labute approximate surface area is 251 Å². The number of phenols is 2. The molecule has 4 nitrogen and oxygen atoms in total. The molecule has 0 fully saturated rings. The van der Waals surface area contributed by atoms with Gasteiger partial charge in [-0.1, -0.05) is 100 Å². The Morgan fingerprint density at radius 2 is 0.929 bits per heavy atom. The second-order valence-corrected chi connectivity index (χ2v) is 12.3. The van der Waals surface area contributed by atoms with Crippen LogP contribution in [0.5, 0.6) is 11.5 Å². The molecule has 0 aromatic heterocycles. The Morgan fingerprint density at radius 3 is 1.29 bits per heavy atom. The van der Waals surface area contributed by atoms with Gasteiger partial charge in [-0.25, -0.2) is 0 Å². The van der Waals surface area contributed by atoms with E-state index in [0.717, 1.165) is 57.3 Å². The van der Waals surface area contributed by atoms with E-state index in [9.17, 15) is 10.2 Å². The van der Waals surface area contributed by atoms with Gasteiger partial charge < -0.3 is 10.2 Å². The van der Waals surface area contributed by atoms with Gasteiger partial charge in [-0.05, 0) is 61.1 Å². The van der Waals surface area contributed by atoms with E-state index >= 15 is 0 Å². The second-order valence-electron chi connectivity index (χ2n) is 12.3. The standard InChI is InChI=1S/C38H44N2O2/c1-27-21-29(35(41)33(23-27)37(3,4)31-15-9-7-10-16-31)25-39-19-13-14-20-40-26-30-22-28(2)24-34(36(30)42)38(5,6)32-17-11-8-12-18-32/h7-12,15-18,21-26,41-42H,13-14,19-20H2,1-6H3. The summed E-state index contributed by atoms with van der Waals surface area (Å²) in [6, 6.07) is 28.6. The van der Waals surface area contributed by atoms with Crippen molar-refractivity contribution in [2.75, 3.05) is 13.1 Å². The number of unbranched alkanes of at least 4 members (excludes halogenated alkanes) is 1. The largest absolute Gasteiger partial charge is 0.507 e. The highest BCUT2D eigenvalue weighted by Crippen LogP contribution is 2.40. The van der Waals surface area contributed by atoms with E-state index in [-0.39, 0.29) is 22.3 Å². The zero-order valence-corrected chi connectivity index (χ0v) is 25.9. The van der Waals surface area contributed by atoms with Crippen molar-refractivity contribution < 1.29 is 10.2 Å². The summed E-state index contributed by atoms with van der Waals surface area (Å²) in [5.74, 6) is 0.575. The molecule has 4 aromatic rings. The molecular weight excluding hydrogens is 516 g/mol. The van der Waals surface area contributed by atoms with E-state index in [1.165, 1.54) is 0 Å². The van der Waals surface area contributed by atoms with Crippen LogP contribution in [0.2, 0.25) is 0 Å². The first kappa shape index (κ1) is 30.8. The number of aromatic hydroxyl groups is 2. The summed E-state index contributed by atoms with van der Waals surface area (Å²) < 4.78 is 0. The lowest BCUT2D eigenvalue weighted by Crippen LogP contribution is -2.19. The van der Waals surface area contributed by atoms with Crippen LogP contribution in [0.3, 0.4) is 0 Å². The molecule has 0 aliphatic rings. The Morgan fingerprint density at radius 1 is 0.571 bits per heavy atom. The number of benzene rings is 4. The van der Waals surface area contributed by atoms with Gasteiger partial charge in [-0.15, -0.1) is 0 Å². The van der Waals surface area contributed by atoms with E-state index < -0.39 is 0 Å². The summed E-state index contributed by atoms with van der Waals surface area (Å²) in [4.78, 5) is 9.22. The van der Waals surface area contributed by atoms with Gasteiger partial charge in [0.25, 0.3) is 0 Å². The van der Waals surface area contributed by atoms with Gasteiger partial charge in [0, 0.05) is 58.6 Å². The number of phenolic OH excluding ortho intramolecular Hbond substituents is 2. The van der Waals surface area contributed by atoms with E-state index in [4.69, 9.17) is 0 Å². The molecule has 0 amide bonds. The Bertz CT molecular complexity index is 1430. The average molecular weight is 561 g/mol. The number of aliphatic imine (C=N–C) groups is 2. The summed E-state index contributed by atoms with van der Waals surface area (Å²) >= 11 is 0. The number of aryl methyl sites for hydroxylation is 2. The minimum absolute atomic E-state index is 0.288. The lowest BCUT2D eigenvalue weighted by atomic mass is 9.76. The van der Waals surface area contributed by atoms with Crippen LogP contribution in [0.15, 0.2) is 94.9 Å². The highest BCUT2D eigenvalue weighted by atomic mass is 16.3. The summed E-state index contributed by atoms with van der Waals surface area (Å²) in [5, 5.41) is 22.3. The van der Waals surface area contributed by atoms with Gasteiger partial charge in [0.1, 0.15) is 11.5 Å². The predicted octanol–water partition coefficient (Wildman–Crippen LogP) is 8.68. The molecule has 4 heteroatoms. The SMILES string of the molecule is Cc1cc(C=NCCCCN=Cc2cc(C)cc(C(C)(C)c3ccccc3)c2O)c(O)c(C(C)(C)c2ccccc2)c1. The third kappa shape index (κ3) is 6.99. The van der Waals surface area contributed by atoms with Crippen LogP contribution in [-0.2, 0) is 10.8 Å². The first-order chi connectivity index (χ1) is 20.0. The van der Waals surface area contributed by atoms with Crippen molar-refractivity contribution >= 4 is 12.4 Å². The first-order valence-electron chi connectivity index (χ1n) is 14.8. The Kier molecular flexibility index (Phi) is 9.67. The maximum atomic E-state index is 11.1. The molecular formula is C38H44N2O2. The highest BCUT2D eigenvalue weighted by Gasteiger charge is 2.28. The highest BCUT2D eigenvalue weighted by molar-refractivity contribution is 5.85. The average Bonchev–Trinajstić information content (AvgIpc) is 2.98. The third-order valence-corrected chi connectivity index (χ3v) is 8.19. The monoisotopic (exact) mass is 560 g/mol. The number of hydrogen-bond donors (Lipinski definition) is 2. The van der Waals surface area contributed by atoms with Crippen molar-refractivity contribution in [3.8, 4) is 11.5 Å². The maximum Gasteiger partial charge on any atom is 0.128 e. The van der Waals surface area contributed by atoms with Crippen LogP contribution in [-0.4, -0.2) is 35.7 Å². The minimum atomic E-state index is -0.332. The van der Waals surface area contributed by atoms with Crippen LogP contribution < -0.4 is 0 Å². The fourth-order valence-electron chi connectivity index (χ4n) is 5.52. The molecule has 0 aliphatic carbocycles. The van der Waals surface area contributed by atoms with E-state index in [0.29, 0.717) is 13.1 Å². The summed E-state index contributed by atoms with van der Waals surface area (Å²) in [6.07, 6.45) is 5.34. The van der Waals surface area contributed by atoms with Crippen molar-refractivity contribution in [2.24, 2.45) is 9.98 Å². The lowest BCUT2D eigenvalue weighted by molar-refractivity contribution is 0.451. The fraction of sp³-hybridized carbons (Fsp3) is 0.316. The Hall–Kier alpha value is -4.18. The molecule has 0 saturated heterocycles. The van der Waals surface area contributed by atoms with Crippen molar-refractivity contribution in [1.82, 2.24) is 0 Å². The maximum absolute atomic E-state index is 11.1. The molecule has 2 N–H and O–H groups in total. The van der Waals surface area contributed by atoms with Crippen LogP contribution in [0.4, 0.5) is 0 Å². The molecule has 0 heterocycles. The normalized spacial score (nSPS) is 12.4. The molecule has 0 bridgehead atoms. The topological polar surface area (TPSA) is 65.2 Å². The number of nitrogens with zero attached hydrogens (tertiary/aromatic N) is 2. The summed E-state index contributed by atoms with van der Waals surface area (Å²) in [5.41, 5.74) is 7.14. The van der Waals surface area contributed by atoms with Crippen LogP contribution in [0.1, 0.15) is 85.0 Å². The van der Waals surface area contributed by atoms with Crippen molar-refractivity contribution in [3.63, 3.8) is 0 Å². The fourth-order valence-corrected chi connectivity index (χ4v) is 5.52. The van der Waals surface area contributed by atoms with Crippen molar-refractivity contribution in [2.45, 2.75) is 65.2 Å². The zero-order valence-electron chi connectivity index (χ0n) is 25.9. The van der Waals surface area contributed by atoms with E-state index in [2.05, 4.69) is 87.9 Å². The van der Waals surface area contributed by atoms with Crippen molar-refractivity contribution in [3.05, 3.63) is 129 Å². The molecule has 0 unspecified atom stereocenters. The van der Waals surface area contributed by atoms with Gasteiger partial charge in [0.05, 0.1) is 0 Å². The van der Waals surface area contributed by atoms with E-state index in [1.54, 1.807) is 12.4 Å². The third-order valence-electron chi connectivity index (χ3n) is 8.19. The lowest BCUT2D eigenvalue weighted by Gasteiger charge is -2.28. The molecule has 0 saturated carbocycles. The molecule has 0 atom stereocenters. The van der Waals surface area contributed by atoms with Gasteiger partial charge in [-0.2, -0.15) is 0 Å². The van der Waals surface area contributed by atoms with Crippen LogP contribution in [0.25, 0.3) is 0 Å². The summed E-state index contributed by atoms with van der Waals surface area (Å²) in [6.45, 7) is 14.0. The Balaban J connectivity index is 1.36. The summed E-state index contributed by atoms with van der Waals surface area (Å²) in [7, 11) is 0. The minimum Gasteiger partial charge on any atom is -0.507 e. The molecule has 4 rings (SSSR count). The molecule has 0 radical (unpaired) electrons.